The van der Waals surface area contributed by atoms with Crippen LogP contribution in [-0.2, 0) is 28.3 Å². The molecule has 1 N–H and O–H groups in total. The van der Waals surface area contributed by atoms with E-state index in [4.69, 9.17) is 0 Å². The normalized spacial score (nSPS) is 12.1. The molecule has 0 radical (unpaired) electrons. The Kier molecular flexibility index (Phi) is 10.2. The van der Waals surface area contributed by atoms with Gasteiger partial charge in [-0.2, -0.15) is 0 Å². The van der Waals surface area contributed by atoms with E-state index in [9.17, 15) is 9.59 Å². The van der Waals surface area contributed by atoms with E-state index in [0.29, 0.717) is 18.7 Å². The number of hydrogen-bond donors (Lipinski definition) is 1. The van der Waals surface area contributed by atoms with Crippen LogP contribution in [0.15, 0.2) is 83.3 Å². The molecule has 0 heterocycles. The molecule has 3 aromatic carbocycles. The SMILES string of the molecule is Cc1cccc(CN(C(=O)CSCc2ccc(Br)cc2)C(Cc2ccccc2)C(=O)NC(C)(C)C)c1. The van der Waals surface area contributed by atoms with Gasteiger partial charge in [-0.1, -0.05) is 88.2 Å². The predicted molar refractivity (Wildman–Crippen MR) is 154 cm³/mol. The number of halogens is 1. The van der Waals surface area contributed by atoms with Crippen LogP contribution in [0, 0.1) is 6.92 Å². The fraction of sp³-hybridized carbons (Fsp3) is 0.333. The molecule has 0 saturated carbocycles. The minimum Gasteiger partial charge on any atom is -0.350 e. The van der Waals surface area contributed by atoms with E-state index >= 15 is 0 Å². The monoisotopic (exact) mass is 566 g/mol. The number of nitrogens with one attached hydrogen (secondary N) is 1. The second kappa shape index (κ2) is 13.1. The lowest BCUT2D eigenvalue weighted by molar-refractivity contribution is -0.140. The fourth-order valence-electron chi connectivity index (χ4n) is 3.93. The zero-order valence-corrected chi connectivity index (χ0v) is 23.9. The molecule has 0 aromatic heterocycles. The summed E-state index contributed by atoms with van der Waals surface area (Å²) in [5.41, 5.74) is 3.93. The van der Waals surface area contributed by atoms with Gasteiger partial charge in [0.15, 0.2) is 0 Å². The van der Waals surface area contributed by atoms with Crippen LogP contribution in [0.1, 0.15) is 43.0 Å². The Hall–Kier alpha value is -2.57. The Bertz CT molecular complexity index is 1140. The molecular formula is C30H35BrN2O2S. The van der Waals surface area contributed by atoms with Gasteiger partial charge in [0.1, 0.15) is 6.04 Å². The van der Waals surface area contributed by atoms with Crippen LogP contribution in [0.25, 0.3) is 0 Å². The maximum Gasteiger partial charge on any atom is 0.243 e. The molecule has 0 aliphatic rings. The Morgan fingerprint density at radius 2 is 1.58 bits per heavy atom. The molecule has 36 heavy (non-hydrogen) atoms. The molecule has 3 rings (SSSR count). The number of hydrogen-bond acceptors (Lipinski definition) is 3. The van der Waals surface area contributed by atoms with E-state index < -0.39 is 11.6 Å². The van der Waals surface area contributed by atoms with Gasteiger partial charge in [-0.15, -0.1) is 11.8 Å². The number of carbonyl (C=O) groups excluding carboxylic acids is 2. The maximum atomic E-state index is 13.7. The Morgan fingerprint density at radius 1 is 0.917 bits per heavy atom. The first-order chi connectivity index (χ1) is 17.1. The van der Waals surface area contributed by atoms with Crippen LogP contribution in [0.4, 0.5) is 0 Å². The summed E-state index contributed by atoms with van der Waals surface area (Å²) in [6.45, 7) is 8.31. The molecule has 1 atom stereocenters. The zero-order valence-electron chi connectivity index (χ0n) is 21.5. The molecule has 6 heteroatoms. The van der Waals surface area contributed by atoms with Crippen molar-refractivity contribution in [2.45, 2.75) is 58.0 Å². The topological polar surface area (TPSA) is 49.4 Å². The zero-order chi connectivity index (χ0) is 26.1. The van der Waals surface area contributed by atoms with E-state index in [1.807, 2.05) is 88.4 Å². The van der Waals surface area contributed by atoms with Gasteiger partial charge < -0.3 is 10.2 Å². The minimum absolute atomic E-state index is 0.0383. The van der Waals surface area contributed by atoms with Crippen LogP contribution in [0.5, 0.6) is 0 Å². The lowest BCUT2D eigenvalue weighted by atomic mass is 10.0. The Morgan fingerprint density at radius 3 is 2.22 bits per heavy atom. The molecule has 0 aliphatic carbocycles. The van der Waals surface area contributed by atoms with Crippen LogP contribution in [-0.4, -0.2) is 34.0 Å². The quantitative estimate of drug-likeness (QED) is 0.303. The van der Waals surface area contributed by atoms with Gasteiger partial charge in [0.25, 0.3) is 0 Å². The third kappa shape index (κ3) is 9.14. The van der Waals surface area contributed by atoms with Gasteiger partial charge >= 0.3 is 0 Å². The number of carbonyl (C=O) groups is 2. The largest absolute Gasteiger partial charge is 0.350 e. The first-order valence-electron chi connectivity index (χ1n) is 12.1. The summed E-state index contributed by atoms with van der Waals surface area (Å²) in [7, 11) is 0. The highest BCUT2D eigenvalue weighted by Crippen LogP contribution is 2.20. The summed E-state index contributed by atoms with van der Waals surface area (Å²) < 4.78 is 1.03. The van der Waals surface area contributed by atoms with Crippen molar-refractivity contribution in [2.75, 3.05) is 5.75 Å². The van der Waals surface area contributed by atoms with Gasteiger partial charge in [0.2, 0.25) is 11.8 Å². The van der Waals surface area contributed by atoms with Gasteiger partial charge in [0.05, 0.1) is 5.75 Å². The van der Waals surface area contributed by atoms with Crippen molar-refractivity contribution >= 4 is 39.5 Å². The Labute approximate surface area is 228 Å². The molecule has 0 bridgehead atoms. The molecule has 3 aromatic rings. The number of thioether (sulfide) groups is 1. The molecule has 0 aliphatic heterocycles. The average Bonchev–Trinajstić information content (AvgIpc) is 2.82. The van der Waals surface area contributed by atoms with E-state index in [2.05, 4.69) is 39.4 Å². The lowest BCUT2D eigenvalue weighted by Crippen LogP contribution is -2.54. The van der Waals surface area contributed by atoms with Gasteiger partial charge in [0, 0.05) is 28.7 Å². The smallest absolute Gasteiger partial charge is 0.243 e. The molecule has 1 unspecified atom stereocenters. The number of amides is 2. The molecule has 4 nitrogen and oxygen atoms in total. The van der Waals surface area contributed by atoms with Crippen molar-refractivity contribution in [2.24, 2.45) is 0 Å². The van der Waals surface area contributed by atoms with Crippen molar-refractivity contribution in [3.8, 4) is 0 Å². The summed E-state index contributed by atoms with van der Waals surface area (Å²) in [4.78, 5) is 29.0. The lowest BCUT2D eigenvalue weighted by Gasteiger charge is -2.34. The molecule has 2 amide bonds. The van der Waals surface area contributed by atoms with Crippen molar-refractivity contribution < 1.29 is 9.59 Å². The van der Waals surface area contributed by atoms with Gasteiger partial charge in [-0.3, -0.25) is 9.59 Å². The van der Waals surface area contributed by atoms with E-state index in [-0.39, 0.29) is 11.8 Å². The van der Waals surface area contributed by atoms with Crippen molar-refractivity contribution in [1.29, 1.82) is 0 Å². The first-order valence-corrected chi connectivity index (χ1v) is 14.1. The van der Waals surface area contributed by atoms with Crippen molar-refractivity contribution in [3.05, 3.63) is 106 Å². The Balaban J connectivity index is 1.86. The molecule has 0 fully saturated rings. The highest BCUT2D eigenvalue weighted by atomic mass is 79.9. The summed E-state index contributed by atoms with van der Waals surface area (Å²) in [6, 6.07) is 25.6. The second-order valence-corrected chi connectivity index (χ2v) is 12.0. The molecule has 0 saturated heterocycles. The highest BCUT2D eigenvalue weighted by Gasteiger charge is 2.32. The molecular weight excluding hydrogens is 532 g/mol. The molecule has 190 valence electrons. The van der Waals surface area contributed by atoms with E-state index in [1.54, 1.807) is 16.7 Å². The van der Waals surface area contributed by atoms with Crippen molar-refractivity contribution in [3.63, 3.8) is 0 Å². The summed E-state index contributed by atoms with van der Waals surface area (Å²) in [5.74, 6) is 0.860. The summed E-state index contributed by atoms with van der Waals surface area (Å²) in [6.07, 6.45) is 0.456. The third-order valence-electron chi connectivity index (χ3n) is 5.61. The molecule has 0 spiro atoms. The highest BCUT2D eigenvalue weighted by molar-refractivity contribution is 9.10. The fourth-order valence-corrected chi connectivity index (χ4v) is 5.07. The van der Waals surface area contributed by atoms with Crippen molar-refractivity contribution in [1.82, 2.24) is 10.2 Å². The number of benzene rings is 3. The number of rotatable bonds is 10. The first kappa shape index (κ1) is 28.0. The van der Waals surface area contributed by atoms with Crippen LogP contribution in [0.3, 0.4) is 0 Å². The number of aryl methyl sites for hydroxylation is 1. The average molecular weight is 568 g/mol. The minimum atomic E-state index is -0.618. The predicted octanol–water partition coefficient (Wildman–Crippen LogP) is 6.55. The maximum absolute atomic E-state index is 13.7. The van der Waals surface area contributed by atoms with Crippen LogP contribution >= 0.6 is 27.7 Å². The number of nitrogens with zero attached hydrogens (tertiary/aromatic N) is 1. The van der Waals surface area contributed by atoms with Crippen LogP contribution < -0.4 is 5.32 Å². The standard InChI is InChI=1S/C30H35BrN2O2S/c1-22-9-8-12-25(17-22)19-33(28(34)21-36-20-24-13-15-26(31)16-14-24)27(29(35)32-30(2,3)4)18-23-10-6-5-7-11-23/h5-17,27H,18-21H2,1-4H3,(H,32,35). The second-order valence-electron chi connectivity index (χ2n) is 10.1. The van der Waals surface area contributed by atoms with E-state index in [1.165, 1.54) is 0 Å². The van der Waals surface area contributed by atoms with Gasteiger partial charge in [-0.25, -0.2) is 0 Å². The summed E-state index contributed by atoms with van der Waals surface area (Å²) in [5, 5.41) is 3.12. The van der Waals surface area contributed by atoms with E-state index in [0.717, 1.165) is 32.5 Å². The van der Waals surface area contributed by atoms with Crippen LogP contribution in [0.2, 0.25) is 0 Å². The van der Waals surface area contributed by atoms with Gasteiger partial charge in [-0.05, 0) is 56.5 Å². The third-order valence-corrected chi connectivity index (χ3v) is 7.13. The summed E-state index contributed by atoms with van der Waals surface area (Å²) >= 11 is 5.04.